The van der Waals surface area contributed by atoms with E-state index >= 15 is 0 Å². The molecule has 2 N–H and O–H groups in total. The summed E-state index contributed by atoms with van der Waals surface area (Å²) < 4.78 is 5.32. The number of methoxy groups -OCH3 is 1. The van der Waals surface area contributed by atoms with Crippen molar-refractivity contribution in [1.29, 1.82) is 5.41 Å². The zero-order valence-electron chi connectivity index (χ0n) is 13.3. The summed E-state index contributed by atoms with van der Waals surface area (Å²) >= 11 is 0. The summed E-state index contributed by atoms with van der Waals surface area (Å²) in [5, 5.41) is 17.2. The number of ether oxygens (including phenoxy) is 1. The van der Waals surface area contributed by atoms with Gasteiger partial charge in [-0.2, -0.15) is 0 Å². The van der Waals surface area contributed by atoms with E-state index < -0.39 is 6.10 Å². The molecule has 0 spiro atoms. The third kappa shape index (κ3) is 3.92. The molecule has 0 bridgehead atoms. The van der Waals surface area contributed by atoms with Gasteiger partial charge < -0.3 is 15.3 Å². The van der Waals surface area contributed by atoms with Crippen molar-refractivity contribution in [2.24, 2.45) is 4.99 Å². The quantitative estimate of drug-likeness (QED) is 0.820. The fraction of sp³-hybridized carbons (Fsp3) is 0.333. The van der Waals surface area contributed by atoms with Crippen LogP contribution in [-0.4, -0.2) is 36.3 Å². The lowest BCUT2D eigenvalue weighted by molar-refractivity contribution is 0.225. The van der Waals surface area contributed by atoms with E-state index in [-0.39, 0.29) is 0 Å². The number of aryl methyl sites for hydroxylation is 1. The van der Waals surface area contributed by atoms with Crippen LogP contribution in [0.5, 0.6) is 5.75 Å². The molecule has 1 aliphatic rings. The number of rotatable bonds is 5. The van der Waals surface area contributed by atoms with Crippen LogP contribution >= 0.6 is 0 Å². The molecule has 0 aromatic heterocycles. The SMILES string of the molecule is COc1ccc(C)c(C(=NCC(C)=N)C2=CCC(O)C=C2)c1. The molecule has 0 radical (unpaired) electrons. The highest BCUT2D eigenvalue weighted by Gasteiger charge is 2.15. The van der Waals surface area contributed by atoms with Gasteiger partial charge in [0.2, 0.25) is 0 Å². The van der Waals surface area contributed by atoms with Gasteiger partial charge in [-0.25, -0.2) is 0 Å². The molecule has 2 rings (SSSR count). The molecule has 1 aliphatic carbocycles. The summed E-state index contributed by atoms with van der Waals surface area (Å²) in [4.78, 5) is 4.61. The molecule has 1 atom stereocenters. The van der Waals surface area contributed by atoms with Crippen LogP contribution in [0.3, 0.4) is 0 Å². The first-order valence-electron chi connectivity index (χ1n) is 7.31. The summed E-state index contributed by atoms with van der Waals surface area (Å²) in [5.74, 6) is 0.778. The second-order valence-corrected chi connectivity index (χ2v) is 5.45. The topological polar surface area (TPSA) is 65.7 Å². The van der Waals surface area contributed by atoms with Crippen LogP contribution < -0.4 is 4.74 Å². The predicted octanol–water partition coefficient (Wildman–Crippen LogP) is 3.08. The third-order valence-electron chi connectivity index (χ3n) is 3.52. The van der Waals surface area contributed by atoms with E-state index in [1.165, 1.54) is 0 Å². The average Bonchev–Trinajstić information content (AvgIpc) is 2.50. The number of aliphatic hydroxyl groups is 1. The minimum atomic E-state index is -0.430. The van der Waals surface area contributed by atoms with Crippen LogP contribution in [0.15, 0.2) is 47.0 Å². The Hall–Kier alpha value is -2.20. The lowest BCUT2D eigenvalue weighted by Gasteiger charge is -2.16. The summed E-state index contributed by atoms with van der Waals surface area (Å²) in [7, 11) is 1.64. The second-order valence-electron chi connectivity index (χ2n) is 5.45. The van der Waals surface area contributed by atoms with Crippen molar-refractivity contribution >= 4 is 11.4 Å². The molecule has 1 aromatic carbocycles. The van der Waals surface area contributed by atoms with Crippen LogP contribution in [0.2, 0.25) is 0 Å². The van der Waals surface area contributed by atoms with E-state index in [4.69, 9.17) is 10.1 Å². The summed E-state index contributed by atoms with van der Waals surface area (Å²) in [5.41, 5.74) is 4.42. The van der Waals surface area contributed by atoms with Gasteiger partial charge in [0, 0.05) is 11.3 Å². The Labute approximate surface area is 131 Å². The van der Waals surface area contributed by atoms with E-state index in [1.54, 1.807) is 20.1 Å². The van der Waals surface area contributed by atoms with E-state index in [9.17, 15) is 5.11 Å². The van der Waals surface area contributed by atoms with Crippen molar-refractivity contribution in [3.63, 3.8) is 0 Å². The largest absolute Gasteiger partial charge is 0.497 e. The zero-order valence-corrected chi connectivity index (χ0v) is 13.3. The van der Waals surface area contributed by atoms with Gasteiger partial charge >= 0.3 is 0 Å². The molecule has 0 fully saturated rings. The van der Waals surface area contributed by atoms with Gasteiger partial charge in [0.25, 0.3) is 0 Å². The predicted molar refractivity (Wildman–Crippen MR) is 90.4 cm³/mol. The highest BCUT2D eigenvalue weighted by molar-refractivity contribution is 6.16. The molecule has 0 aliphatic heterocycles. The fourth-order valence-corrected chi connectivity index (χ4v) is 2.30. The number of aliphatic imine (C=N–C) groups is 1. The Morgan fingerprint density at radius 2 is 2.23 bits per heavy atom. The highest BCUT2D eigenvalue weighted by atomic mass is 16.5. The van der Waals surface area contributed by atoms with Gasteiger partial charge in [0.05, 0.1) is 25.5 Å². The van der Waals surface area contributed by atoms with E-state index in [2.05, 4.69) is 4.99 Å². The molecule has 22 heavy (non-hydrogen) atoms. The fourth-order valence-electron chi connectivity index (χ4n) is 2.30. The Kier molecular flexibility index (Phi) is 5.28. The molecule has 116 valence electrons. The monoisotopic (exact) mass is 298 g/mol. The Balaban J connectivity index is 2.47. The van der Waals surface area contributed by atoms with Crippen molar-refractivity contribution in [2.75, 3.05) is 13.7 Å². The maximum atomic E-state index is 9.61. The van der Waals surface area contributed by atoms with Gasteiger partial charge in [0.15, 0.2) is 0 Å². The molecule has 0 saturated carbocycles. The van der Waals surface area contributed by atoms with Crippen LogP contribution in [0.1, 0.15) is 24.5 Å². The number of allylic oxidation sites excluding steroid dienone is 2. The molecule has 4 nitrogen and oxygen atoms in total. The van der Waals surface area contributed by atoms with Crippen LogP contribution in [-0.2, 0) is 0 Å². The number of benzene rings is 1. The summed E-state index contributed by atoms with van der Waals surface area (Å²) in [6, 6.07) is 5.89. The number of hydrogen-bond donors (Lipinski definition) is 2. The normalized spacial score (nSPS) is 18.1. The molecule has 4 heteroatoms. The van der Waals surface area contributed by atoms with E-state index in [1.807, 2.05) is 37.3 Å². The van der Waals surface area contributed by atoms with Crippen LogP contribution in [0.4, 0.5) is 0 Å². The van der Waals surface area contributed by atoms with Crippen molar-refractivity contribution in [2.45, 2.75) is 26.4 Å². The highest BCUT2D eigenvalue weighted by Crippen LogP contribution is 2.23. The van der Waals surface area contributed by atoms with Crippen molar-refractivity contribution in [1.82, 2.24) is 0 Å². The van der Waals surface area contributed by atoms with Gasteiger partial charge in [-0.15, -0.1) is 0 Å². The number of nitrogens with one attached hydrogen (secondary N) is 1. The maximum absolute atomic E-state index is 9.61. The second kappa shape index (κ2) is 7.18. The van der Waals surface area contributed by atoms with E-state index in [0.717, 1.165) is 28.2 Å². The van der Waals surface area contributed by atoms with Crippen molar-refractivity contribution < 1.29 is 9.84 Å². The molecule has 0 saturated heterocycles. The molecule has 0 heterocycles. The number of aliphatic hydroxyl groups excluding tert-OH is 1. The lowest BCUT2D eigenvalue weighted by atomic mass is 9.93. The molecular weight excluding hydrogens is 276 g/mol. The van der Waals surface area contributed by atoms with Gasteiger partial charge in [0.1, 0.15) is 5.75 Å². The Bertz CT molecular complexity index is 657. The minimum Gasteiger partial charge on any atom is -0.497 e. The first-order chi connectivity index (χ1) is 10.5. The Morgan fingerprint density at radius 3 is 2.82 bits per heavy atom. The zero-order chi connectivity index (χ0) is 16.1. The first kappa shape index (κ1) is 16.2. The molecule has 1 aromatic rings. The third-order valence-corrected chi connectivity index (χ3v) is 3.52. The standard InChI is InChI=1S/C18H22N2O2/c1-12-4-9-16(22-3)10-17(12)18(20-11-13(2)19)14-5-7-15(21)8-6-14/h4-7,9-10,15,19,21H,8,11H2,1-3H3. The number of nitrogens with zero attached hydrogens (tertiary/aromatic N) is 1. The summed E-state index contributed by atoms with van der Waals surface area (Å²) in [6.45, 7) is 4.14. The lowest BCUT2D eigenvalue weighted by Crippen LogP contribution is -2.13. The molecule has 1 unspecified atom stereocenters. The van der Waals surface area contributed by atoms with Crippen molar-refractivity contribution in [3.05, 3.63) is 53.1 Å². The summed E-state index contributed by atoms with van der Waals surface area (Å²) in [6.07, 6.45) is 5.81. The van der Waals surface area contributed by atoms with Gasteiger partial charge in [-0.3, -0.25) is 4.99 Å². The average molecular weight is 298 g/mol. The van der Waals surface area contributed by atoms with Crippen LogP contribution in [0, 0.1) is 12.3 Å². The van der Waals surface area contributed by atoms with Crippen molar-refractivity contribution in [3.8, 4) is 5.75 Å². The smallest absolute Gasteiger partial charge is 0.119 e. The Morgan fingerprint density at radius 1 is 1.45 bits per heavy atom. The maximum Gasteiger partial charge on any atom is 0.119 e. The first-order valence-corrected chi connectivity index (χ1v) is 7.31. The number of hydrogen-bond acceptors (Lipinski definition) is 4. The van der Waals surface area contributed by atoms with Crippen LogP contribution in [0.25, 0.3) is 0 Å². The molecular formula is C18H22N2O2. The van der Waals surface area contributed by atoms with Gasteiger partial charge in [-0.1, -0.05) is 24.3 Å². The molecule has 0 amide bonds. The van der Waals surface area contributed by atoms with Gasteiger partial charge in [-0.05, 0) is 43.5 Å². The minimum absolute atomic E-state index is 0.361. The van der Waals surface area contributed by atoms with E-state index in [0.29, 0.717) is 18.7 Å².